The molecule has 0 unspecified atom stereocenters. The van der Waals surface area contributed by atoms with E-state index in [1.165, 1.54) is 0 Å². The molecule has 0 amide bonds. The Morgan fingerprint density at radius 3 is 2.67 bits per heavy atom. The van der Waals surface area contributed by atoms with Gasteiger partial charge in [-0.1, -0.05) is 6.92 Å². The van der Waals surface area contributed by atoms with Crippen LogP contribution in [0.25, 0.3) is 0 Å². The summed E-state index contributed by atoms with van der Waals surface area (Å²) in [5.41, 5.74) is 0.559. The van der Waals surface area contributed by atoms with Gasteiger partial charge < -0.3 is 9.30 Å². The minimum Gasteiger partial charge on any atom is -0.459 e. The van der Waals surface area contributed by atoms with Crippen molar-refractivity contribution in [2.24, 2.45) is 0 Å². The molecule has 0 saturated heterocycles. The van der Waals surface area contributed by atoms with Crippen molar-refractivity contribution < 1.29 is 9.53 Å². The van der Waals surface area contributed by atoms with E-state index in [9.17, 15) is 4.79 Å². The summed E-state index contributed by atoms with van der Waals surface area (Å²) in [6, 6.07) is 0. The van der Waals surface area contributed by atoms with E-state index in [0.29, 0.717) is 0 Å². The van der Waals surface area contributed by atoms with Gasteiger partial charge in [0.2, 0.25) is 0 Å². The normalized spacial score (nSPS) is 11.5. The Labute approximate surface area is 90.3 Å². The van der Waals surface area contributed by atoms with Crippen LogP contribution in [0.5, 0.6) is 0 Å². The van der Waals surface area contributed by atoms with Gasteiger partial charge in [-0.25, -0.2) is 4.98 Å². The number of hydrogen-bond donors (Lipinski definition) is 0. The molecule has 4 nitrogen and oxygen atoms in total. The van der Waals surface area contributed by atoms with Crippen LogP contribution >= 0.6 is 0 Å². The molecule has 0 aliphatic carbocycles. The first-order valence-electron chi connectivity index (χ1n) is 5.13. The molecule has 0 aliphatic rings. The average Bonchev–Trinajstić information content (AvgIpc) is 2.48. The highest BCUT2D eigenvalue weighted by atomic mass is 16.6. The summed E-state index contributed by atoms with van der Waals surface area (Å²) >= 11 is 0. The number of rotatable bonds is 3. The monoisotopic (exact) mass is 210 g/mol. The minimum absolute atomic E-state index is 0.226. The molecule has 84 valence electrons. The second-order valence-corrected chi connectivity index (χ2v) is 4.48. The van der Waals surface area contributed by atoms with Gasteiger partial charge in [-0.05, 0) is 27.2 Å². The molecule has 1 rings (SSSR count). The molecule has 0 N–H and O–H groups in total. The molecule has 0 spiro atoms. The number of hydrogen-bond acceptors (Lipinski definition) is 3. The van der Waals surface area contributed by atoms with Gasteiger partial charge >= 0.3 is 5.97 Å². The van der Waals surface area contributed by atoms with E-state index in [0.717, 1.165) is 12.1 Å². The summed E-state index contributed by atoms with van der Waals surface area (Å²) in [6.07, 6.45) is 4.40. The highest BCUT2D eigenvalue weighted by Crippen LogP contribution is 2.08. The number of carbonyl (C=O) groups excluding carboxylic acids is 1. The van der Waals surface area contributed by atoms with E-state index in [4.69, 9.17) is 4.74 Å². The van der Waals surface area contributed by atoms with Gasteiger partial charge in [-0.15, -0.1) is 0 Å². The van der Waals surface area contributed by atoms with Crippen LogP contribution in [0.2, 0.25) is 0 Å². The molecule has 0 fully saturated rings. The van der Waals surface area contributed by atoms with Crippen LogP contribution < -0.4 is 0 Å². The molecular weight excluding hydrogens is 192 g/mol. The van der Waals surface area contributed by atoms with Crippen molar-refractivity contribution in [1.82, 2.24) is 9.55 Å². The molecule has 1 aromatic heterocycles. The van der Waals surface area contributed by atoms with Crippen molar-refractivity contribution in [1.29, 1.82) is 0 Å². The first kappa shape index (κ1) is 11.8. The maximum absolute atomic E-state index is 11.5. The van der Waals surface area contributed by atoms with Crippen molar-refractivity contribution in [3.05, 3.63) is 18.2 Å². The Hall–Kier alpha value is -1.32. The second-order valence-electron chi connectivity index (χ2n) is 4.48. The molecule has 4 heteroatoms. The van der Waals surface area contributed by atoms with Gasteiger partial charge in [0.25, 0.3) is 0 Å². The Kier molecular flexibility index (Phi) is 3.50. The van der Waals surface area contributed by atoms with Crippen LogP contribution in [0.4, 0.5) is 0 Å². The lowest BCUT2D eigenvalue weighted by Crippen LogP contribution is -2.26. The van der Waals surface area contributed by atoms with E-state index in [-0.39, 0.29) is 12.5 Å². The zero-order valence-corrected chi connectivity index (χ0v) is 9.78. The Morgan fingerprint density at radius 2 is 2.20 bits per heavy atom. The van der Waals surface area contributed by atoms with E-state index in [1.54, 1.807) is 10.9 Å². The molecule has 0 saturated carbocycles. The van der Waals surface area contributed by atoms with E-state index >= 15 is 0 Å². The topological polar surface area (TPSA) is 44.1 Å². The van der Waals surface area contributed by atoms with Crippen molar-refractivity contribution in [2.75, 3.05) is 0 Å². The number of aromatic nitrogens is 2. The average molecular weight is 210 g/mol. The van der Waals surface area contributed by atoms with Gasteiger partial charge in [0.1, 0.15) is 12.1 Å². The third kappa shape index (κ3) is 4.14. The quantitative estimate of drug-likeness (QED) is 0.714. The van der Waals surface area contributed by atoms with Gasteiger partial charge in [0.15, 0.2) is 0 Å². The maximum atomic E-state index is 11.5. The van der Waals surface area contributed by atoms with Crippen molar-refractivity contribution in [3.8, 4) is 0 Å². The van der Waals surface area contributed by atoms with Crippen molar-refractivity contribution in [2.45, 2.75) is 46.3 Å². The van der Waals surface area contributed by atoms with Crippen molar-refractivity contribution in [3.63, 3.8) is 0 Å². The summed E-state index contributed by atoms with van der Waals surface area (Å²) in [6.45, 7) is 7.83. The first-order valence-corrected chi connectivity index (χ1v) is 5.13. The number of ether oxygens (including phenoxy) is 1. The summed E-state index contributed by atoms with van der Waals surface area (Å²) in [5.74, 6) is -0.234. The number of imidazole rings is 1. The van der Waals surface area contributed by atoms with Gasteiger partial charge in [0, 0.05) is 6.20 Å². The highest BCUT2D eigenvalue weighted by Gasteiger charge is 2.16. The first-order chi connectivity index (χ1) is 6.90. The minimum atomic E-state index is -0.425. The SMILES string of the molecule is CCc1cn(CC(=O)OC(C)(C)C)cn1. The lowest BCUT2D eigenvalue weighted by Gasteiger charge is -2.19. The third-order valence-corrected chi connectivity index (χ3v) is 1.78. The number of nitrogens with zero attached hydrogens (tertiary/aromatic N) is 2. The highest BCUT2D eigenvalue weighted by molar-refractivity contribution is 5.69. The fourth-order valence-electron chi connectivity index (χ4n) is 1.20. The van der Waals surface area contributed by atoms with Crippen molar-refractivity contribution >= 4 is 5.97 Å². The predicted molar refractivity (Wildman–Crippen MR) is 57.5 cm³/mol. The second kappa shape index (κ2) is 4.47. The Balaban J connectivity index is 2.51. The molecule has 15 heavy (non-hydrogen) atoms. The molecule has 0 radical (unpaired) electrons. The maximum Gasteiger partial charge on any atom is 0.326 e. The van der Waals surface area contributed by atoms with Crippen LogP contribution in [-0.2, 0) is 22.5 Å². The lowest BCUT2D eigenvalue weighted by molar-refractivity contribution is -0.155. The van der Waals surface area contributed by atoms with Gasteiger partial charge in [-0.3, -0.25) is 4.79 Å². The summed E-state index contributed by atoms with van der Waals surface area (Å²) < 4.78 is 6.94. The van der Waals surface area contributed by atoms with Crippen LogP contribution in [0.15, 0.2) is 12.5 Å². The molecular formula is C11H18N2O2. The Morgan fingerprint density at radius 1 is 1.53 bits per heavy atom. The molecule has 0 aromatic carbocycles. The smallest absolute Gasteiger partial charge is 0.326 e. The standard InChI is InChI=1S/C11H18N2O2/c1-5-9-6-13(8-12-9)7-10(14)15-11(2,3)4/h6,8H,5,7H2,1-4H3. The zero-order valence-electron chi connectivity index (χ0n) is 9.78. The predicted octanol–water partition coefficient (Wildman–Crippen LogP) is 1.79. The largest absolute Gasteiger partial charge is 0.459 e. The van der Waals surface area contributed by atoms with Gasteiger partial charge in [0.05, 0.1) is 12.0 Å². The van der Waals surface area contributed by atoms with E-state index in [2.05, 4.69) is 4.98 Å². The van der Waals surface area contributed by atoms with Crippen LogP contribution in [0.3, 0.4) is 0 Å². The van der Waals surface area contributed by atoms with Crippen LogP contribution in [0.1, 0.15) is 33.4 Å². The van der Waals surface area contributed by atoms with Crippen LogP contribution in [-0.4, -0.2) is 21.1 Å². The number of aryl methyl sites for hydroxylation is 1. The fraction of sp³-hybridized carbons (Fsp3) is 0.636. The molecule has 0 atom stereocenters. The summed E-state index contributed by atoms with van der Waals surface area (Å²) in [5, 5.41) is 0. The number of esters is 1. The fourth-order valence-corrected chi connectivity index (χ4v) is 1.20. The molecule has 1 aromatic rings. The summed E-state index contributed by atoms with van der Waals surface area (Å²) in [7, 11) is 0. The van der Waals surface area contributed by atoms with E-state index < -0.39 is 5.60 Å². The zero-order chi connectivity index (χ0) is 11.5. The number of carbonyl (C=O) groups is 1. The summed E-state index contributed by atoms with van der Waals surface area (Å²) in [4.78, 5) is 15.6. The molecule has 0 bridgehead atoms. The third-order valence-electron chi connectivity index (χ3n) is 1.78. The van der Waals surface area contributed by atoms with Crippen LogP contribution in [0, 0.1) is 0 Å². The molecule has 0 aliphatic heterocycles. The van der Waals surface area contributed by atoms with E-state index in [1.807, 2.05) is 33.9 Å². The molecule has 1 heterocycles. The lowest BCUT2D eigenvalue weighted by atomic mass is 10.2. The van der Waals surface area contributed by atoms with Gasteiger partial charge in [-0.2, -0.15) is 0 Å². The Bertz CT molecular complexity index is 337.